The number of hydroxylamine groups is 1. The number of benzene rings is 2. The summed E-state index contributed by atoms with van der Waals surface area (Å²) in [6.45, 7) is 3.96. The van der Waals surface area contributed by atoms with Crippen LogP contribution in [0.25, 0.3) is 16.7 Å². The van der Waals surface area contributed by atoms with Crippen molar-refractivity contribution in [2.75, 3.05) is 32.1 Å². The van der Waals surface area contributed by atoms with Gasteiger partial charge in [-0.3, -0.25) is 14.9 Å². The van der Waals surface area contributed by atoms with Crippen molar-refractivity contribution in [1.29, 1.82) is 0 Å². The first-order chi connectivity index (χ1) is 14.9. The summed E-state index contributed by atoms with van der Waals surface area (Å²) >= 11 is 0.370. The van der Waals surface area contributed by atoms with Gasteiger partial charge in [-0.2, -0.15) is 0 Å². The summed E-state index contributed by atoms with van der Waals surface area (Å²) < 4.78 is 11.0. The number of hydrogen-bond donors (Lipinski definition) is 2. The molecule has 0 aliphatic carbocycles. The Morgan fingerprint density at radius 2 is 1.74 bits per heavy atom. The molecule has 2 unspecified atom stereocenters. The Bertz CT molecular complexity index is 913. The molecule has 166 valence electrons. The molecule has 1 amide bonds. The van der Waals surface area contributed by atoms with Crippen molar-refractivity contribution in [3.63, 3.8) is 0 Å². The fraction of sp³-hybridized carbons (Fsp3) is 0.375. The van der Waals surface area contributed by atoms with E-state index in [9.17, 15) is 9.35 Å². The van der Waals surface area contributed by atoms with Crippen molar-refractivity contribution in [2.24, 2.45) is 0 Å². The normalized spacial score (nSPS) is 17.5. The molecule has 2 atom stereocenters. The van der Waals surface area contributed by atoms with Gasteiger partial charge < -0.3 is 4.55 Å². The molecule has 1 aliphatic rings. The van der Waals surface area contributed by atoms with Crippen LogP contribution in [0.15, 0.2) is 59.5 Å². The first-order valence-electron chi connectivity index (χ1n) is 10.3. The van der Waals surface area contributed by atoms with E-state index in [1.165, 1.54) is 33.4 Å². The van der Waals surface area contributed by atoms with Gasteiger partial charge in [0, 0.05) is 31.0 Å². The summed E-state index contributed by atoms with van der Waals surface area (Å²) in [5.74, 6) is -0.593. The lowest BCUT2D eigenvalue weighted by atomic mass is 9.96. The molecule has 2 aromatic carbocycles. The molecule has 31 heavy (non-hydrogen) atoms. The van der Waals surface area contributed by atoms with Crippen molar-refractivity contribution in [2.45, 2.75) is 29.4 Å². The fourth-order valence-electron chi connectivity index (χ4n) is 3.71. The molecule has 3 rings (SSSR count). The minimum absolute atomic E-state index is 0.426. The summed E-state index contributed by atoms with van der Waals surface area (Å²) in [5, 5.41) is 8.97. The zero-order chi connectivity index (χ0) is 22.4. The maximum atomic E-state index is 12.0. The number of thioether (sulfide) groups is 1. The van der Waals surface area contributed by atoms with Crippen molar-refractivity contribution in [3.8, 4) is 11.1 Å². The topological polar surface area (TPSA) is 75.6 Å². The van der Waals surface area contributed by atoms with Gasteiger partial charge in [0.2, 0.25) is 4.75 Å². The van der Waals surface area contributed by atoms with Crippen molar-refractivity contribution >= 4 is 34.4 Å². The average Bonchev–Trinajstić information content (AvgIpc) is 2.82. The Kier molecular flexibility index (Phi) is 8.24. The molecule has 5 nitrogen and oxygen atoms in total. The van der Waals surface area contributed by atoms with Gasteiger partial charge in [0.1, 0.15) is 0 Å². The van der Waals surface area contributed by atoms with Crippen LogP contribution in [0.2, 0.25) is 0 Å². The lowest BCUT2D eigenvalue weighted by Crippen LogP contribution is -2.51. The van der Waals surface area contributed by atoms with E-state index in [2.05, 4.69) is 65.8 Å². The highest BCUT2D eigenvalue weighted by molar-refractivity contribution is 7.98. The number of nitrogens with zero attached hydrogens (tertiary/aromatic N) is 1. The fourth-order valence-corrected chi connectivity index (χ4v) is 4.81. The van der Waals surface area contributed by atoms with Crippen LogP contribution in [0.5, 0.6) is 0 Å². The Morgan fingerprint density at radius 1 is 1.16 bits per heavy atom. The van der Waals surface area contributed by atoms with Crippen LogP contribution in [0.1, 0.15) is 25.3 Å². The highest BCUT2D eigenvalue weighted by Crippen LogP contribution is 2.28. The summed E-state index contributed by atoms with van der Waals surface area (Å²) in [4.78, 5) is 15.5. The number of amides is 1. The molecule has 0 spiro atoms. The largest absolute Gasteiger partial charge is 0.616 e. The van der Waals surface area contributed by atoms with Gasteiger partial charge in [0.15, 0.2) is 0 Å². The third kappa shape index (κ3) is 5.73. The van der Waals surface area contributed by atoms with Crippen LogP contribution in [0.4, 0.5) is 0 Å². The first kappa shape index (κ1) is 23.9. The third-order valence-corrected chi connectivity index (χ3v) is 8.50. The molecule has 7 heteroatoms. The molecule has 0 saturated carbocycles. The Hall–Kier alpha value is -1.77. The van der Waals surface area contributed by atoms with Gasteiger partial charge >= 0.3 is 0 Å². The van der Waals surface area contributed by atoms with Gasteiger partial charge in [-0.15, -0.1) is 11.8 Å². The molecule has 2 aromatic rings. The third-order valence-electron chi connectivity index (χ3n) is 6.09. The van der Waals surface area contributed by atoms with E-state index in [1.807, 2.05) is 0 Å². The van der Waals surface area contributed by atoms with Crippen LogP contribution in [-0.4, -0.2) is 57.5 Å². The summed E-state index contributed by atoms with van der Waals surface area (Å²) in [6, 6.07) is 17.3. The average molecular weight is 459 g/mol. The molecule has 0 bridgehead atoms. The van der Waals surface area contributed by atoms with Crippen LogP contribution in [0.3, 0.4) is 0 Å². The van der Waals surface area contributed by atoms with Crippen LogP contribution < -0.4 is 5.48 Å². The predicted octanol–water partition coefficient (Wildman–Crippen LogP) is 4.20. The smallest absolute Gasteiger partial charge is 0.299 e. The van der Waals surface area contributed by atoms with E-state index in [4.69, 9.17) is 5.21 Å². The highest BCUT2D eigenvalue weighted by Gasteiger charge is 2.42. The SMILES string of the molecule is CSc1ccc(-c2ccc(C3=CCN(CCC(C)(C(=O)NO)[S+](C)[O-])CC3)cc2)cc1. The van der Waals surface area contributed by atoms with E-state index in [1.54, 1.807) is 24.2 Å². The van der Waals surface area contributed by atoms with Gasteiger partial charge in [0.25, 0.3) is 5.91 Å². The standard InChI is InChI=1S/C24H30N2O3S2/c1-24(31(3)29,23(27)25-28)14-17-26-15-12-21(13-16-26)19-6-4-18(5-7-19)20-8-10-22(30-2)11-9-20/h4-12,28H,13-17H2,1-3H3,(H,25,27). The van der Waals surface area contributed by atoms with Gasteiger partial charge in [-0.1, -0.05) is 42.5 Å². The number of hydrogen-bond acceptors (Lipinski definition) is 5. The van der Waals surface area contributed by atoms with Crippen LogP contribution >= 0.6 is 11.8 Å². The van der Waals surface area contributed by atoms with E-state index < -0.39 is 21.8 Å². The van der Waals surface area contributed by atoms with E-state index in [0.717, 1.165) is 19.5 Å². The Morgan fingerprint density at radius 3 is 2.23 bits per heavy atom. The Balaban J connectivity index is 1.60. The summed E-state index contributed by atoms with van der Waals surface area (Å²) in [7, 11) is 0. The molecule has 0 radical (unpaired) electrons. The molecular formula is C24H30N2O3S2. The second-order valence-corrected chi connectivity index (χ2v) is 10.7. The molecule has 1 aliphatic heterocycles. The van der Waals surface area contributed by atoms with Crippen LogP contribution in [-0.2, 0) is 16.0 Å². The summed E-state index contributed by atoms with van der Waals surface area (Å²) in [6.07, 6.45) is 7.18. The van der Waals surface area contributed by atoms with E-state index in [0.29, 0.717) is 13.0 Å². The monoisotopic (exact) mass is 458 g/mol. The quantitative estimate of drug-likeness (QED) is 0.268. The van der Waals surface area contributed by atoms with Crippen LogP contribution in [0, 0.1) is 0 Å². The molecular weight excluding hydrogens is 428 g/mol. The maximum absolute atomic E-state index is 12.0. The van der Waals surface area contributed by atoms with Crippen molar-refractivity contribution in [3.05, 3.63) is 60.2 Å². The minimum Gasteiger partial charge on any atom is -0.616 e. The second kappa shape index (κ2) is 10.7. The van der Waals surface area contributed by atoms with Crippen molar-refractivity contribution in [1.82, 2.24) is 10.4 Å². The summed E-state index contributed by atoms with van der Waals surface area (Å²) in [5.41, 5.74) is 6.66. The molecule has 0 fully saturated rings. The number of nitrogens with one attached hydrogen (secondary N) is 1. The Labute approximate surface area is 192 Å². The predicted molar refractivity (Wildman–Crippen MR) is 130 cm³/mol. The lowest BCUT2D eigenvalue weighted by molar-refractivity contribution is -0.131. The minimum atomic E-state index is -1.38. The lowest BCUT2D eigenvalue weighted by Gasteiger charge is -2.32. The number of rotatable bonds is 8. The van der Waals surface area contributed by atoms with Gasteiger partial charge in [0.05, 0.1) is 6.26 Å². The zero-order valence-corrected chi connectivity index (χ0v) is 19.9. The second-order valence-electron chi connectivity index (χ2n) is 7.96. The maximum Gasteiger partial charge on any atom is 0.299 e. The van der Waals surface area contributed by atoms with Gasteiger partial charge in [-0.25, -0.2) is 5.48 Å². The van der Waals surface area contributed by atoms with Crippen molar-refractivity contribution < 1.29 is 14.6 Å². The highest BCUT2D eigenvalue weighted by atomic mass is 32.2. The van der Waals surface area contributed by atoms with E-state index >= 15 is 0 Å². The number of carbonyl (C=O) groups excluding carboxylic acids is 1. The van der Waals surface area contributed by atoms with Gasteiger partial charge in [-0.05, 0) is 65.2 Å². The first-order valence-corrected chi connectivity index (χ1v) is 13.1. The number of carbonyl (C=O) groups is 1. The molecule has 2 N–H and O–H groups in total. The molecule has 1 heterocycles. The molecule has 0 saturated heterocycles. The molecule has 0 aromatic heterocycles. The zero-order valence-electron chi connectivity index (χ0n) is 18.3. The van der Waals surface area contributed by atoms with E-state index in [-0.39, 0.29) is 0 Å².